The molecule has 0 aliphatic carbocycles. The van der Waals surface area contributed by atoms with E-state index in [9.17, 15) is 4.79 Å². The zero-order chi connectivity index (χ0) is 13.0. The number of amides is 1. The standard InChI is InChI=1S/C13H21N3OS/c1-10-4-3-6-16(8-10)7-5-14-13(17)12-11(2)15-9-18-12/h9-10H,3-8H2,1-2H3,(H,14,17)/t10-/m1/s1. The quantitative estimate of drug-likeness (QED) is 0.906. The van der Waals surface area contributed by atoms with Crippen molar-refractivity contribution < 1.29 is 4.79 Å². The average molecular weight is 267 g/mol. The minimum Gasteiger partial charge on any atom is -0.350 e. The number of carbonyl (C=O) groups is 1. The van der Waals surface area contributed by atoms with Crippen LogP contribution in [0.25, 0.3) is 0 Å². The normalized spacial score (nSPS) is 20.9. The van der Waals surface area contributed by atoms with Crippen LogP contribution in [0.15, 0.2) is 5.51 Å². The highest BCUT2D eigenvalue weighted by atomic mass is 32.1. The first-order valence-corrected chi connectivity index (χ1v) is 7.45. The monoisotopic (exact) mass is 267 g/mol. The first-order valence-electron chi connectivity index (χ1n) is 6.57. The Bertz CT molecular complexity index is 405. The summed E-state index contributed by atoms with van der Waals surface area (Å²) in [4.78, 5) is 19.1. The molecule has 100 valence electrons. The number of likely N-dealkylation sites (tertiary alicyclic amines) is 1. The highest BCUT2D eigenvalue weighted by Crippen LogP contribution is 2.15. The molecule has 0 spiro atoms. The summed E-state index contributed by atoms with van der Waals surface area (Å²) < 4.78 is 0. The van der Waals surface area contributed by atoms with E-state index in [4.69, 9.17) is 0 Å². The maximum atomic E-state index is 11.9. The SMILES string of the molecule is Cc1ncsc1C(=O)NCCN1CCC[C@@H](C)C1. The minimum absolute atomic E-state index is 0.0139. The lowest BCUT2D eigenvalue weighted by atomic mass is 10.0. The fourth-order valence-corrected chi connectivity index (χ4v) is 3.14. The number of aromatic nitrogens is 1. The molecular weight excluding hydrogens is 246 g/mol. The van der Waals surface area contributed by atoms with Gasteiger partial charge >= 0.3 is 0 Å². The second-order valence-corrected chi connectivity index (χ2v) is 5.93. The third kappa shape index (κ3) is 3.53. The fourth-order valence-electron chi connectivity index (χ4n) is 2.42. The molecule has 1 aromatic rings. The van der Waals surface area contributed by atoms with Crippen LogP contribution in [0, 0.1) is 12.8 Å². The van der Waals surface area contributed by atoms with E-state index < -0.39 is 0 Å². The lowest BCUT2D eigenvalue weighted by molar-refractivity contribution is 0.0947. The van der Waals surface area contributed by atoms with Gasteiger partial charge in [0.1, 0.15) is 4.88 Å². The summed E-state index contributed by atoms with van der Waals surface area (Å²) in [5.41, 5.74) is 2.54. The molecule has 0 unspecified atom stereocenters. The number of nitrogens with one attached hydrogen (secondary N) is 1. The summed E-state index contributed by atoms with van der Waals surface area (Å²) in [5, 5.41) is 2.98. The van der Waals surface area contributed by atoms with Gasteiger partial charge in [-0.3, -0.25) is 4.79 Å². The number of aryl methyl sites for hydroxylation is 1. The van der Waals surface area contributed by atoms with Gasteiger partial charge in [-0.15, -0.1) is 11.3 Å². The molecule has 2 rings (SSSR count). The maximum absolute atomic E-state index is 11.9. The van der Waals surface area contributed by atoms with E-state index in [1.165, 1.54) is 30.7 Å². The van der Waals surface area contributed by atoms with Crippen molar-refractivity contribution in [1.82, 2.24) is 15.2 Å². The van der Waals surface area contributed by atoms with Gasteiger partial charge in [0, 0.05) is 19.6 Å². The molecule has 18 heavy (non-hydrogen) atoms. The van der Waals surface area contributed by atoms with Gasteiger partial charge in [0.15, 0.2) is 0 Å². The lowest BCUT2D eigenvalue weighted by Gasteiger charge is -2.30. The largest absolute Gasteiger partial charge is 0.350 e. The Balaban J connectivity index is 1.72. The molecule has 5 heteroatoms. The van der Waals surface area contributed by atoms with Crippen LogP contribution in [-0.2, 0) is 0 Å². The van der Waals surface area contributed by atoms with Crippen LogP contribution in [0.3, 0.4) is 0 Å². The van der Waals surface area contributed by atoms with E-state index in [-0.39, 0.29) is 5.91 Å². The van der Waals surface area contributed by atoms with Gasteiger partial charge in [-0.2, -0.15) is 0 Å². The Kier molecular flexibility index (Phi) is 4.72. The molecule has 1 atom stereocenters. The van der Waals surface area contributed by atoms with Crippen molar-refractivity contribution in [2.24, 2.45) is 5.92 Å². The van der Waals surface area contributed by atoms with Crippen LogP contribution in [0.2, 0.25) is 0 Å². The molecule has 1 saturated heterocycles. The molecule has 1 N–H and O–H groups in total. The van der Waals surface area contributed by atoms with Gasteiger partial charge in [0.05, 0.1) is 11.2 Å². The summed E-state index contributed by atoms with van der Waals surface area (Å²) in [6, 6.07) is 0. The van der Waals surface area contributed by atoms with Crippen molar-refractivity contribution in [2.75, 3.05) is 26.2 Å². The third-order valence-corrected chi connectivity index (χ3v) is 4.33. The Morgan fingerprint density at radius 1 is 1.67 bits per heavy atom. The Morgan fingerprint density at radius 3 is 3.17 bits per heavy atom. The zero-order valence-electron chi connectivity index (χ0n) is 11.1. The topological polar surface area (TPSA) is 45.2 Å². The fraction of sp³-hybridized carbons (Fsp3) is 0.692. The molecule has 2 heterocycles. The van der Waals surface area contributed by atoms with E-state index in [1.807, 2.05) is 6.92 Å². The minimum atomic E-state index is 0.0139. The highest BCUT2D eigenvalue weighted by Gasteiger charge is 2.16. The van der Waals surface area contributed by atoms with Gasteiger partial charge in [0.25, 0.3) is 5.91 Å². The molecule has 1 aliphatic rings. The third-order valence-electron chi connectivity index (χ3n) is 3.41. The molecule has 4 nitrogen and oxygen atoms in total. The number of nitrogens with zero attached hydrogens (tertiary/aromatic N) is 2. The van der Waals surface area contributed by atoms with Crippen LogP contribution < -0.4 is 5.32 Å². The lowest BCUT2D eigenvalue weighted by Crippen LogP contribution is -2.40. The molecule has 0 bridgehead atoms. The van der Waals surface area contributed by atoms with Crippen molar-refractivity contribution >= 4 is 17.2 Å². The van der Waals surface area contributed by atoms with E-state index in [1.54, 1.807) is 5.51 Å². The Hall–Kier alpha value is -0.940. The molecule has 1 fully saturated rings. The van der Waals surface area contributed by atoms with Crippen molar-refractivity contribution in [3.05, 3.63) is 16.1 Å². The van der Waals surface area contributed by atoms with Crippen molar-refractivity contribution in [1.29, 1.82) is 0 Å². The van der Waals surface area contributed by atoms with E-state index >= 15 is 0 Å². The Labute approximate surface area is 112 Å². The van der Waals surface area contributed by atoms with Gasteiger partial charge < -0.3 is 10.2 Å². The summed E-state index contributed by atoms with van der Waals surface area (Å²) >= 11 is 1.41. The second kappa shape index (κ2) is 6.29. The molecule has 0 saturated carbocycles. The molecule has 0 radical (unpaired) electrons. The average Bonchev–Trinajstić information content (AvgIpc) is 2.75. The predicted molar refractivity (Wildman–Crippen MR) is 74.0 cm³/mol. The highest BCUT2D eigenvalue weighted by molar-refractivity contribution is 7.11. The van der Waals surface area contributed by atoms with Gasteiger partial charge in [-0.1, -0.05) is 6.92 Å². The predicted octanol–water partition coefficient (Wildman–Crippen LogP) is 1.91. The molecule has 0 aromatic carbocycles. The van der Waals surface area contributed by atoms with Gasteiger partial charge in [-0.05, 0) is 32.2 Å². The van der Waals surface area contributed by atoms with E-state index in [2.05, 4.69) is 22.1 Å². The van der Waals surface area contributed by atoms with Gasteiger partial charge in [-0.25, -0.2) is 4.98 Å². The van der Waals surface area contributed by atoms with Gasteiger partial charge in [0.2, 0.25) is 0 Å². The zero-order valence-corrected chi connectivity index (χ0v) is 11.9. The molecule has 1 aliphatic heterocycles. The Morgan fingerprint density at radius 2 is 2.50 bits per heavy atom. The maximum Gasteiger partial charge on any atom is 0.263 e. The summed E-state index contributed by atoms with van der Waals surface area (Å²) in [6.45, 7) is 8.18. The first-order chi connectivity index (χ1) is 8.66. The van der Waals surface area contributed by atoms with Crippen LogP contribution in [0.1, 0.15) is 35.1 Å². The number of rotatable bonds is 4. The first kappa shape index (κ1) is 13.5. The molecular formula is C13H21N3OS. The molecule has 1 aromatic heterocycles. The van der Waals surface area contributed by atoms with Crippen LogP contribution in [-0.4, -0.2) is 42.0 Å². The summed E-state index contributed by atoms with van der Waals surface area (Å²) in [5.74, 6) is 0.804. The number of carbonyl (C=O) groups excluding carboxylic acids is 1. The van der Waals surface area contributed by atoms with Crippen LogP contribution in [0.5, 0.6) is 0 Å². The van der Waals surface area contributed by atoms with Crippen LogP contribution in [0.4, 0.5) is 0 Å². The summed E-state index contributed by atoms with van der Waals surface area (Å²) in [6.07, 6.45) is 2.62. The smallest absolute Gasteiger partial charge is 0.263 e. The van der Waals surface area contributed by atoms with E-state index in [0.29, 0.717) is 0 Å². The van der Waals surface area contributed by atoms with Crippen molar-refractivity contribution in [3.8, 4) is 0 Å². The number of hydrogen-bond acceptors (Lipinski definition) is 4. The van der Waals surface area contributed by atoms with Crippen molar-refractivity contribution in [2.45, 2.75) is 26.7 Å². The van der Waals surface area contributed by atoms with Crippen LogP contribution >= 0.6 is 11.3 Å². The number of piperidine rings is 1. The van der Waals surface area contributed by atoms with E-state index in [0.717, 1.165) is 36.1 Å². The number of thiazole rings is 1. The molecule has 1 amide bonds. The second-order valence-electron chi connectivity index (χ2n) is 5.07. The summed E-state index contributed by atoms with van der Waals surface area (Å²) in [7, 11) is 0. The van der Waals surface area contributed by atoms with Crippen molar-refractivity contribution in [3.63, 3.8) is 0 Å². The number of hydrogen-bond donors (Lipinski definition) is 1.